The lowest BCUT2D eigenvalue weighted by molar-refractivity contribution is 0.507. The third kappa shape index (κ3) is 4.27. The standard InChI is InChI=1S/C14H9FN2O.C7H7F2N.H2/c15-11-7-3-1-5-9(11)13-16-12-8-4-2-6-10(12)14(18)17-13;8-6-2-1-5(4-10)3-7(6)9;/h1-8H,(H,16,17,18);1-3H,4,10H2;1H. The Morgan fingerprint density at radius 3 is 2.32 bits per heavy atom. The van der Waals surface area contributed by atoms with Crippen molar-refractivity contribution in [1.82, 2.24) is 9.97 Å². The Balaban J connectivity index is 0.000000234. The molecule has 0 spiro atoms. The molecule has 4 nitrogen and oxygen atoms in total. The van der Waals surface area contributed by atoms with Crippen LogP contribution in [0.25, 0.3) is 22.3 Å². The van der Waals surface area contributed by atoms with Crippen LogP contribution in [-0.2, 0) is 6.54 Å². The molecule has 0 radical (unpaired) electrons. The molecule has 0 amide bonds. The normalized spacial score (nSPS) is 10.4. The van der Waals surface area contributed by atoms with Crippen molar-refractivity contribution in [2.45, 2.75) is 6.54 Å². The molecular weight excluding hydrogens is 367 g/mol. The molecular formula is C21H18F3N3O. The van der Waals surface area contributed by atoms with E-state index in [9.17, 15) is 18.0 Å². The second-order valence-electron chi connectivity index (χ2n) is 5.86. The van der Waals surface area contributed by atoms with E-state index in [1.165, 1.54) is 12.1 Å². The highest BCUT2D eigenvalue weighted by Crippen LogP contribution is 2.19. The molecule has 0 aliphatic rings. The van der Waals surface area contributed by atoms with Gasteiger partial charge in [0.2, 0.25) is 0 Å². The highest BCUT2D eigenvalue weighted by atomic mass is 19.2. The topological polar surface area (TPSA) is 71.8 Å². The first kappa shape index (κ1) is 19.3. The van der Waals surface area contributed by atoms with Crippen LogP contribution in [0, 0.1) is 17.5 Å². The van der Waals surface area contributed by atoms with E-state index in [1.807, 2.05) is 0 Å². The fourth-order valence-corrected chi connectivity index (χ4v) is 2.53. The number of H-pyrrole nitrogens is 1. The van der Waals surface area contributed by atoms with Gasteiger partial charge in [-0.1, -0.05) is 30.3 Å². The second-order valence-corrected chi connectivity index (χ2v) is 5.86. The van der Waals surface area contributed by atoms with Gasteiger partial charge >= 0.3 is 0 Å². The number of nitrogens with zero attached hydrogens (tertiary/aromatic N) is 1. The van der Waals surface area contributed by atoms with Gasteiger partial charge in [-0.15, -0.1) is 0 Å². The van der Waals surface area contributed by atoms with Gasteiger partial charge in [-0.3, -0.25) is 4.79 Å². The maximum absolute atomic E-state index is 13.6. The largest absolute Gasteiger partial charge is 0.326 e. The van der Waals surface area contributed by atoms with Crippen molar-refractivity contribution in [3.8, 4) is 11.4 Å². The smallest absolute Gasteiger partial charge is 0.259 e. The minimum Gasteiger partial charge on any atom is -0.326 e. The van der Waals surface area contributed by atoms with Gasteiger partial charge in [0, 0.05) is 7.97 Å². The molecule has 0 saturated heterocycles. The molecule has 0 aliphatic heterocycles. The first-order chi connectivity index (χ1) is 13.5. The molecule has 1 heterocycles. The Kier molecular flexibility index (Phi) is 5.86. The van der Waals surface area contributed by atoms with Crippen molar-refractivity contribution in [3.63, 3.8) is 0 Å². The Morgan fingerprint density at radius 1 is 0.893 bits per heavy atom. The van der Waals surface area contributed by atoms with Crippen molar-refractivity contribution in [1.29, 1.82) is 0 Å². The van der Waals surface area contributed by atoms with Crippen LogP contribution in [0.3, 0.4) is 0 Å². The van der Waals surface area contributed by atoms with Crippen molar-refractivity contribution >= 4 is 10.9 Å². The van der Waals surface area contributed by atoms with Crippen LogP contribution in [-0.4, -0.2) is 9.97 Å². The molecule has 0 bridgehead atoms. The molecule has 28 heavy (non-hydrogen) atoms. The van der Waals surface area contributed by atoms with Gasteiger partial charge in [0.1, 0.15) is 11.6 Å². The van der Waals surface area contributed by atoms with Crippen molar-refractivity contribution in [2.75, 3.05) is 0 Å². The number of aromatic amines is 1. The predicted octanol–water partition coefficient (Wildman–Crippen LogP) is 4.40. The number of hydrogen-bond donors (Lipinski definition) is 2. The summed E-state index contributed by atoms with van der Waals surface area (Å²) in [6, 6.07) is 16.8. The molecule has 7 heteroatoms. The third-order valence-corrected chi connectivity index (χ3v) is 3.96. The Morgan fingerprint density at radius 2 is 1.61 bits per heavy atom. The number of rotatable bonds is 2. The number of halogens is 3. The number of para-hydroxylation sites is 1. The minimum absolute atomic E-state index is 0. The van der Waals surface area contributed by atoms with Gasteiger partial charge < -0.3 is 10.7 Å². The lowest BCUT2D eigenvalue weighted by Gasteiger charge is -2.03. The van der Waals surface area contributed by atoms with E-state index in [0.717, 1.165) is 12.1 Å². The van der Waals surface area contributed by atoms with E-state index in [4.69, 9.17) is 5.73 Å². The van der Waals surface area contributed by atoms with Gasteiger partial charge in [-0.25, -0.2) is 18.2 Å². The zero-order valence-electron chi connectivity index (χ0n) is 14.6. The lowest BCUT2D eigenvalue weighted by Crippen LogP contribution is -2.09. The fraction of sp³-hybridized carbons (Fsp3) is 0.0476. The summed E-state index contributed by atoms with van der Waals surface area (Å²) in [5.74, 6) is -1.84. The summed E-state index contributed by atoms with van der Waals surface area (Å²) < 4.78 is 38.2. The monoisotopic (exact) mass is 385 g/mol. The fourth-order valence-electron chi connectivity index (χ4n) is 2.53. The summed E-state index contributed by atoms with van der Waals surface area (Å²) >= 11 is 0. The lowest BCUT2D eigenvalue weighted by atomic mass is 10.2. The Bertz CT molecular complexity index is 1180. The molecule has 4 aromatic rings. The van der Waals surface area contributed by atoms with Crippen LogP contribution >= 0.6 is 0 Å². The summed E-state index contributed by atoms with van der Waals surface area (Å²) in [7, 11) is 0. The average molecular weight is 385 g/mol. The highest BCUT2D eigenvalue weighted by molar-refractivity contribution is 5.79. The Hall–Kier alpha value is -3.45. The zero-order chi connectivity index (χ0) is 20.1. The van der Waals surface area contributed by atoms with Crippen LogP contribution in [0.2, 0.25) is 0 Å². The molecule has 0 aliphatic carbocycles. The first-order valence-corrected chi connectivity index (χ1v) is 8.37. The van der Waals surface area contributed by atoms with Crippen LogP contribution in [0.4, 0.5) is 13.2 Å². The number of fused-ring (bicyclic) bond motifs is 1. The van der Waals surface area contributed by atoms with Crippen molar-refractivity contribution in [3.05, 3.63) is 100 Å². The van der Waals surface area contributed by atoms with Crippen LogP contribution in [0.15, 0.2) is 71.5 Å². The molecule has 3 aromatic carbocycles. The number of hydrogen-bond acceptors (Lipinski definition) is 3. The molecule has 4 rings (SSSR count). The first-order valence-electron chi connectivity index (χ1n) is 8.37. The zero-order valence-corrected chi connectivity index (χ0v) is 14.6. The maximum Gasteiger partial charge on any atom is 0.259 e. The quantitative estimate of drug-likeness (QED) is 0.537. The number of nitrogens with two attached hydrogens (primary N) is 1. The molecule has 1 aromatic heterocycles. The van der Waals surface area contributed by atoms with Gasteiger partial charge in [-0.2, -0.15) is 0 Å². The highest BCUT2D eigenvalue weighted by Gasteiger charge is 2.08. The summed E-state index contributed by atoms with van der Waals surface area (Å²) in [4.78, 5) is 18.7. The number of nitrogens with one attached hydrogen (secondary N) is 1. The van der Waals surface area contributed by atoms with Gasteiger partial charge in [0.15, 0.2) is 11.6 Å². The van der Waals surface area contributed by atoms with Crippen LogP contribution in [0.5, 0.6) is 0 Å². The van der Waals surface area contributed by atoms with Gasteiger partial charge in [0.25, 0.3) is 5.56 Å². The molecule has 3 N–H and O–H groups in total. The minimum atomic E-state index is -0.844. The number of aromatic nitrogens is 2. The van der Waals surface area contributed by atoms with Crippen molar-refractivity contribution < 1.29 is 14.6 Å². The number of benzene rings is 3. The van der Waals surface area contributed by atoms with E-state index in [-0.39, 0.29) is 19.4 Å². The van der Waals surface area contributed by atoms with Gasteiger partial charge in [0.05, 0.1) is 16.5 Å². The molecule has 144 valence electrons. The van der Waals surface area contributed by atoms with E-state index in [1.54, 1.807) is 42.5 Å². The van der Waals surface area contributed by atoms with E-state index >= 15 is 0 Å². The summed E-state index contributed by atoms with van der Waals surface area (Å²) in [6.45, 7) is 0.233. The van der Waals surface area contributed by atoms with Crippen molar-refractivity contribution in [2.24, 2.45) is 5.73 Å². The van der Waals surface area contributed by atoms with E-state index in [0.29, 0.717) is 22.0 Å². The molecule has 0 atom stereocenters. The average Bonchev–Trinajstić information content (AvgIpc) is 2.71. The third-order valence-electron chi connectivity index (χ3n) is 3.96. The second kappa shape index (κ2) is 8.49. The van der Waals surface area contributed by atoms with E-state index in [2.05, 4.69) is 9.97 Å². The SMILES string of the molecule is NCc1ccc(F)c(F)c1.O=c1[nH]c(-c2ccccc2F)nc2ccccc12.[HH]. The Labute approximate surface area is 160 Å². The maximum atomic E-state index is 13.6. The van der Waals surface area contributed by atoms with E-state index < -0.39 is 17.5 Å². The molecule has 0 unspecified atom stereocenters. The summed E-state index contributed by atoms with van der Waals surface area (Å²) in [5, 5.41) is 0.498. The predicted molar refractivity (Wildman–Crippen MR) is 104 cm³/mol. The van der Waals surface area contributed by atoms with Crippen LogP contribution < -0.4 is 11.3 Å². The molecule has 0 fully saturated rings. The summed E-state index contributed by atoms with van der Waals surface area (Å²) in [5.41, 5.74) is 6.36. The summed E-state index contributed by atoms with van der Waals surface area (Å²) in [6.07, 6.45) is 0. The van der Waals surface area contributed by atoms with Gasteiger partial charge in [-0.05, 0) is 42.0 Å². The molecule has 0 saturated carbocycles. The van der Waals surface area contributed by atoms with Crippen LogP contribution in [0.1, 0.15) is 6.99 Å².